The number of benzene rings is 2. The number of nitrogens with zero attached hydrogens (tertiary/aromatic N) is 1. The maximum Gasteiger partial charge on any atom is 0.262 e. The van der Waals surface area contributed by atoms with Crippen LogP contribution in [0, 0.1) is 5.92 Å². The molecule has 1 heterocycles. The lowest BCUT2D eigenvalue weighted by Gasteiger charge is -2.33. The average Bonchev–Trinajstić information content (AvgIpc) is 2.80. The summed E-state index contributed by atoms with van der Waals surface area (Å²) in [5.41, 5.74) is 3.37. The standard InChI is InChI=1S/C26H34N2O2/c1-20-15-17-28(18-16-20)25-10-6-5-9-24(25)27-26(29)19-30-23-13-11-22(12-14-23)21-7-3-2-4-8-21/h5-6,9-14,20-21H,2-4,7-8,15-19H2,1H3,(H,27,29). The fourth-order valence-electron chi connectivity index (χ4n) is 4.71. The maximum absolute atomic E-state index is 12.5. The summed E-state index contributed by atoms with van der Waals surface area (Å²) in [5, 5.41) is 3.05. The van der Waals surface area contributed by atoms with Crippen LogP contribution >= 0.6 is 0 Å². The molecule has 30 heavy (non-hydrogen) atoms. The minimum absolute atomic E-state index is 0.0220. The smallest absolute Gasteiger partial charge is 0.262 e. The molecule has 0 unspecified atom stereocenters. The van der Waals surface area contributed by atoms with Crippen LogP contribution in [0.15, 0.2) is 48.5 Å². The molecule has 4 rings (SSSR count). The van der Waals surface area contributed by atoms with Crippen LogP contribution in [0.5, 0.6) is 5.75 Å². The molecular formula is C26H34N2O2. The van der Waals surface area contributed by atoms with Crippen molar-refractivity contribution >= 4 is 17.3 Å². The van der Waals surface area contributed by atoms with Gasteiger partial charge in [0.15, 0.2) is 6.61 Å². The summed E-state index contributed by atoms with van der Waals surface area (Å²) in [4.78, 5) is 14.9. The van der Waals surface area contributed by atoms with Gasteiger partial charge in [0.1, 0.15) is 5.75 Å². The van der Waals surface area contributed by atoms with Gasteiger partial charge in [-0.2, -0.15) is 0 Å². The number of hydrogen-bond acceptors (Lipinski definition) is 3. The van der Waals surface area contributed by atoms with Gasteiger partial charge in [-0.1, -0.05) is 50.5 Å². The van der Waals surface area contributed by atoms with E-state index in [2.05, 4.69) is 35.3 Å². The molecule has 160 valence electrons. The monoisotopic (exact) mass is 406 g/mol. The number of amides is 1. The summed E-state index contributed by atoms with van der Waals surface area (Å²) < 4.78 is 5.76. The normalized spacial score (nSPS) is 18.2. The quantitative estimate of drug-likeness (QED) is 0.641. The third kappa shape index (κ3) is 5.35. The van der Waals surface area contributed by atoms with Crippen molar-refractivity contribution in [2.24, 2.45) is 5.92 Å². The van der Waals surface area contributed by atoms with Crippen molar-refractivity contribution in [3.05, 3.63) is 54.1 Å². The number of carbonyl (C=O) groups excluding carboxylic acids is 1. The van der Waals surface area contributed by atoms with Crippen molar-refractivity contribution in [2.75, 3.05) is 29.9 Å². The predicted molar refractivity (Wildman–Crippen MR) is 123 cm³/mol. The average molecular weight is 407 g/mol. The SMILES string of the molecule is CC1CCN(c2ccccc2NC(=O)COc2ccc(C3CCCCC3)cc2)CC1. The van der Waals surface area contributed by atoms with Gasteiger partial charge >= 0.3 is 0 Å². The van der Waals surface area contributed by atoms with E-state index in [1.165, 1.54) is 50.5 Å². The lowest BCUT2D eigenvalue weighted by atomic mass is 9.84. The first-order valence-electron chi connectivity index (χ1n) is 11.6. The van der Waals surface area contributed by atoms with Crippen LogP contribution in [0.2, 0.25) is 0 Å². The predicted octanol–water partition coefficient (Wildman–Crippen LogP) is 5.99. The first-order chi connectivity index (χ1) is 14.7. The number of carbonyl (C=O) groups is 1. The van der Waals surface area contributed by atoms with E-state index < -0.39 is 0 Å². The van der Waals surface area contributed by atoms with Gasteiger partial charge in [-0.25, -0.2) is 0 Å². The minimum Gasteiger partial charge on any atom is -0.484 e. The van der Waals surface area contributed by atoms with E-state index in [4.69, 9.17) is 4.74 Å². The molecule has 2 aromatic carbocycles. The summed E-state index contributed by atoms with van der Waals surface area (Å²) in [5.74, 6) is 2.10. The van der Waals surface area contributed by atoms with Crippen molar-refractivity contribution in [1.29, 1.82) is 0 Å². The molecule has 0 spiro atoms. The first-order valence-corrected chi connectivity index (χ1v) is 11.6. The van der Waals surface area contributed by atoms with Crippen LogP contribution in [0.4, 0.5) is 11.4 Å². The van der Waals surface area contributed by atoms with Gasteiger partial charge < -0.3 is 15.0 Å². The topological polar surface area (TPSA) is 41.6 Å². The van der Waals surface area contributed by atoms with Gasteiger partial charge in [0.2, 0.25) is 0 Å². The zero-order chi connectivity index (χ0) is 20.8. The molecule has 4 heteroatoms. The van der Waals surface area contributed by atoms with Crippen LogP contribution in [0.25, 0.3) is 0 Å². The molecule has 0 radical (unpaired) electrons. The Bertz CT molecular complexity index is 819. The fourth-order valence-corrected chi connectivity index (χ4v) is 4.71. The number of rotatable bonds is 6. The van der Waals surface area contributed by atoms with Gasteiger partial charge in [-0.3, -0.25) is 4.79 Å². The van der Waals surface area contributed by atoms with E-state index in [0.717, 1.165) is 36.1 Å². The summed E-state index contributed by atoms with van der Waals surface area (Å²) >= 11 is 0. The molecule has 1 saturated carbocycles. The number of nitrogens with one attached hydrogen (secondary N) is 1. The number of piperidine rings is 1. The van der Waals surface area contributed by atoms with Gasteiger partial charge in [0.25, 0.3) is 5.91 Å². The highest BCUT2D eigenvalue weighted by molar-refractivity contribution is 5.95. The van der Waals surface area contributed by atoms with E-state index in [1.54, 1.807) is 0 Å². The Morgan fingerprint density at radius 2 is 1.67 bits per heavy atom. The van der Waals surface area contributed by atoms with E-state index in [-0.39, 0.29) is 12.5 Å². The van der Waals surface area contributed by atoms with Crippen LogP contribution < -0.4 is 15.0 Å². The van der Waals surface area contributed by atoms with Crippen molar-refractivity contribution in [3.63, 3.8) is 0 Å². The molecular weight excluding hydrogens is 372 g/mol. The molecule has 0 aromatic heterocycles. The van der Waals surface area contributed by atoms with Crippen LogP contribution in [0.1, 0.15) is 63.4 Å². The van der Waals surface area contributed by atoms with E-state index in [0.29, 0.717) is 5.92 Å². The summed E-state index contributed by atoms with van der Waals surface area (Å²) in [6, 6.07) is 16.4. The molecule has 1 saturated heterocycles. The number of ether oxygens (including phenoxy) is 1. The molecule has 0 bridgehead atoms. The van der Waals surface area contributed by atoms with Crippen molar-refractivity contribution in [1.82, 2.24) is 0 Å². The molecule has 1 aliphatic carbocycles. The highest BCUT2D eigenvalue weighted by Crippen LogP contribution is 2.33. The molecule has 2 aliphatic rings. The Labute approximate surface area is 180 Å². The minimum atomic E-state index is -0.121. The Morgan fingerprint density at radius 3 is 2.40 bits per heavy atom. The van der Waals surface area contributed by atoms with Crippen molar-refractivity contribution < 1.29 is 9.53 Å². The highest BCUT2D eigenvalue weighted by atomic mass is 16.5. The Morgan fingerprint density at radius 1 is 0.967 bits per heavy atom. The molecule has 1 aliphatic heterocycles. The number of hydrogen-bond donors (Lipinski definition) is 1. The van der Waals surface area contributed by atoms with Crippen LogP contribution in [-0.2, 0) is 4.79 Å². The third-order valence-corrected chi connectivity index (χ3v) is 6.63. The number of para-hydroxylation sites is 2. The molecule has 1 amide bonds. The first kappa shape index (κ1) is 20.8. The molecule has 2 fully saturated rings. The van der Waals surface area contributed by atoms with Gasteiger partial charge in [-0.05, 0) is 67.3 Å². The van der Waals surface area contributed by atoms with Crippen molar-refractivity contribution in [3.8, 4) is 5.75 Å². The zero-order valence-corrected chi connectivity index (χ0v) is 18.1. The summed E-state index contributed by atoms with van der Waals surface area (Å²) in [6.45, 7) is 4.41. The van der Waals surface area contributed by atoms with E-state index in [1.807, 2.05) is 30.3 Å². The van der Waals surface area contributed by atoms with Gasteiger partial charge in [-0.15, -0.1) is 0 Å². The van der Waals surface area contributed by atoms with Gasteiger partial charge in [0.05, 0.1) is 11.4 Å². The second kappa shape index (κ2) is 10.0. The van der Waals surface area contributed by atoms with E-state index >= 15 is 0 Å². The number of anilines is 2. The molecule has 2 aromatic rings. The van der Waals surface area contributed by atoms with Gasteiger partial charge in [0, 0.05) is 13.1 Å². The maximum atomic E-state index is 12.5. The third-order valence-electron chi connectivity index (χ3n) is 6.63. The Balaban J connectivity index is 1.31. The highest BCUT2D eigenvalue weighted by Gasteiger charge is 2.19. The lowest BCUT2D eigenvalue weighted by molar-refractivity contribution is -0.118. The summed E-state index contributed by atoms with van der Waals surface area (Å²) in [7, 11) is 0. The Kier molecular flexibility index (Phi) is 6.93. The second-order valence-electron chi connectivity index (χ2n) is 8.93. The molecule has 1 N–H and O–H groups in total. The largest absolute Gasteiger partial charge is 0.484 e. The lowest BCUT2D eigenvalue weighted by Crippen LogP contribution is -2.33. The van der Waals surface area contributed by atoms with Crippen molar-refractivity contribution in [2.45, 2.75) is 57.8 Å². The molecule has 4 nitrogen and oxygen atoms in total. The Hall–Kier alpha value is -2.49. The van der Waals surface area contributed by atoms with Crippen LogP contribution in [0.3, 0.4) is 0 Å². The second-order valence-corrected chi connectivity index (χ2v) is 8.93. The fraction of sp³-hybridized carbons (Fsp3) is 0.500. The molecule has 0 atom stereocenters. The van der Waals surface area contributed by atoms with E-state index in [9.17, 15) is 4.79 Å². The van der Waals surface area contributed by atoms with Crippen LogP contribution in [-0.4, -0.2) is 25.6 Å². The zero-order valence-electron chi connectivity index (χ0n) is 18.1. The summed E-state index contributed by atoms with van der Waals surface area (Å²) in [6.07, 6.45) is 9.01.